The minimum atomic E-state index is -0.904. The highest BCUT2D eigenvalue weighted by Crippen LogP contribution is 1.89. The molecule has 1 aromatic rings. The molecule has 0 aliphatic heterocycles. The maximum absolute atomic E-state index is 11.0. The average molecular weight is 166 g/mol. The highest BCUT2D eigenvalue weighted by atomic mass is 16.2. The van der Waals surface area contributed by atoms with Gasteiger partial charge in [-0.2, -0.15) is 0 Å². The third-order valence-corrected chi connectivity index (χ3v) is 1.05. The number of amides is 3. The standard InChI is InChI=1S/C6H6N4O2/c7-6(12)10-5(11)4-1-2-8-3-9-4/h1-3H,(H3,7,10,11,12). The fourth-order valence-corrected chi connectivity index (χ4v) is 0.601. The molecule has 1 rings (SSSR count). The van der Waals surface area contributed by atoms with Crippen molar-refractivity contribution >= 4 is 11.9 Å². The van der Waals surface area contributed by atoms with Crippen molar-refractivity contribution in [1.29, 1.82) is 0 Å². The van der Waals surface area contributed by atoms with Gasteiger partial charge in [0.2, 0.25) is 0 Å². The van der Waals surface area contributed by atoms with Crippen LogP contribution in [0.2, 0.25) is 0 Å². The third-order valence-electron chi connectivity index (χ3n) is 1.05. The lowest BCUT2D eigenvalue weighted by Crippen LogP contribution is -2.35. The maximum Gasteiger partial charge on any atom is 0.319 e. The molecule has 1 aromatic heterocycles. The second-order valence-electron chi connectivity index (χ2n) is 1.91. The molecule has 0 aromatic carbocycles. The highest BCUT2D eigenvalue weighted by Gasteiger charge is 2.07. The molecule has 62 valence electrons. The van der Waals surface area contributed by atoms with Crippen molar-refractivity contribution in [2.45, 2.75) is 0 Å². The summed E-state index contributed by atoms with van der Waals surface area (Å²) in [6, 6.07) is 0.469. The average Bonchev–Trinajstić information content (AvgIpc) is 2.05. The SMILES string of the molecule is NC(=O)NC(=O)c1ccncn1. The van der Waals surface area contributed by atoms with Gasteiger partial charge in [0.15, 0.2) is 0 Å². The van der Waals surface area contributed by atoms with Crippen LogP contribution in [-0.2, 0) is 0 Å². The third kappa shape index (κ3) is 2.01. The molecule has 0 saturated heterocycles. The van der Waals surface area contributed by atoms with Gasteiger partial charge < -0.3 is 5.73 Å². The van der Waals surface area contributed by atoms with Crippen molar-refractivity contribution in [1.82, 2.24) is 15.3 Å². The lowest BCUT2D eigenvalue weighted by atomic mass is 10.4. The Labute approximate surface area is 67.8 Å². The first-order chi connectivity index (χ1) is 5.70. The van der Waals surface area contributed by atoms with Gasteiger partial charge in [-0.1, -0.05) is 0 Å². The Balaban J connectivity index is 2.73. The van der Waals surface area contributed by atoms with E-state index in [1.165, 1.54) is 18.6 Å². The van der Waals surface area contributed by atoms with E-state index >= 15 is 0 Å². The number of carbonyl (C=O) groups excluding carboxylic acids is 2. The Morgan fingerprint density at radius 1 is 1.50 bits per heavy atom. The number of hydrogen-bond acceptors (Lipinski definition) is 4. The summed E-state index contributed by atoms with van der Waals surface area (Å²) in [6.45, 7) is 0. The normalized spacial score (nSPS) is 9.00. The molecule has 12 heavy (non-hydrogen) atoms. The van der Waals surface area contributed by atoms with Crippen LogP contribution in [0.25, 0.3) is 0 Å². The minimum Gasteiger partial charge on any atom is -0.351 e. The number of urea groups is 1. The molecule has 3 amide bonds. The molecule has 3 N–H and O–H groups in total. The molecule has 0 bridgehead atoms. The Hall–Kier alpha value is -1.98. The molecule has 6 heteroatoms. The minimum absolute atomic E-state index is 0.101. The second kappa shape index (κ2) is 3.42. The number of carbonyl (C=O) groups is 2. The van der Waals surface area contributed by atoms with Crippen LogP contribution in [0.5, 0.6) is 0 Å². The van der Waals surface area contributed by atoms with Crippen LogP contribution >= 0.6 is 0 Å². The van der Waals surface area contributed by atoms with Gasteiger partial charge in [0, 0.05) is 6.20 Å². The number of imide groups is 1. The molecule has 0 unspecified atom stereocenters. The van der Waals surface area contributed by atoms with Crippen LogP contribution in [0.15, 0.2) is 18.6 Å². The lowest BCUT2D eigenvalue weighted by molar-refractivity contribution is 0.0961. The van der Waals surface area contributed by atoms with Crippen molar-refractivity contribution in [3.05, 3.63) is 24.3 Å². The summed E-state index contributed by atoms with van der Waals surface area (Å²) < 4.78 is 0. The topological polar surface area (TPSA) is 98.0 Å². The van der Waals surface area contributed by atoms with Gasteiger partial charge in [0.1, 0.15) is 12.0 Å². The zero-order valence-electron chi connectivity index (χ0n) is 6.02. The molecule has 0 aliphatic carbocycles. The van der Waals surface area contributed by atoms with Crippen LogP contribution in [0.4, 0.5) is 4.79 Å². The molecule has 0 saturated carbocycles. The zero-order valence-corrected chi connectivity index (χ0v) is 6.02. The number of hydrogen-bond donors (Lipinski definition) is 2. The Kier molecular flexibility index (Phi) is 2.32. The van der Waals surface area contributed by atoms with Crippen LogP contribution in [-0.4, -0.2) is 21.9 Å². The van der Waals surface area contributed by atoms with Crippen molar-refractivity contribution in [2.75, 3.05) is 0 Å². The molecule has 0 aliphatic rings. The van der Waals surface area contributed by atoms with Crippen LogP contribution < -0.4 is 11.1 Å². The number of nitrogens with one attached hydrogen (secondary N) is 1. The highest BCUT2D eigenvalue weighted by molar-refractivity contribution is 6.02. The van der Waals surface area contributed by atoms with Crippen molar-refractivity contribution < 1.29 is 9.59 Å². The van der Waals surface area contributed by atoms with Crippen LogP contribution in [0.1, 0.15) is 10.5 Å². The summed E-state index contributed by atoms with van der Waals surface area (Å²) in [7, 11) is 0. The first-order valence-electron chi connectivity index (χ1n) is 3.07. The number of rotatable bonds is 1. The van der Waals surface area contributed by atoms with E-state index in [0.29, 0.717) is 0 Å². The quantitative estimate of drug-likeness (QED) is 0.575. The molecule has 1 heterocycles. The van der Waals surface area contributed by atoms with E-state index in [-0.39, 0.29) is 5.69 Å². The van der Waals surface area contributed by atoms with E-state index in [2.05, 4.69) is 9.97 Å². The predicted octanol–water partition coefficient (Wildman–Crippen LogP) is -0.715. The van der Waals surface area contributed by atoms with Gasteiger partial charge in [-0.05, 0) is 6.07 Å². The molecule has 6 nitrogen and oxygen atoms in total. The fourth-order valence-electron chi connectivity index (χ4n) is 0.601. The van der Waals surface area contributed by atoms with Crippen molar-refractivity contribution in [2.24, 2.45) is 5.73 Å². The van der Waals surface area contributed by atoms with Crippen LogP contribution in [0.3, 0.4) is 0 Å². The number of nitrogens with zero attached hydrogens (tertiary/aromatic N) is 2. The summed E-state index contributed by atoms with van der Waals surface area (Å²) in [5.41, 5.74) is 4.82. The second-order valence-corrected chi connectivity index (χ2v) is 1.91. The monoisotopic (exact) mass is 166 g/mol. The van der Waals surface area contributed by atoms with E-state index < -0.39 is 11.9 Å². The van der Waals surface area contributed by atoms with Gasteiger partial charge in [-0.3, -0.25) is 10.1 Å². The summed E-state index contributed by atoms with van der Waals surface area (Å²) in [6.07, 6.45) is 2.60. The number of nitrogens with two attached hydrogens (primary N) is 1. The van der Waals surface area contributed by atoms with E-state index in [4.69, 9.17) is 5.73 Å². The van der Waals surface area contributed by atoms with Gasteiger partial charge in [-0.25, -0.2) is 14.8 Å². The molecule has 0 spiro atoms. The molecule has 0 radical (unpaired) electrons. The molecule has 0 fully saturated rings. The van der Waals surface area contributed by atoms with Gasteiger partial charge in [0.05, 0.1) is 0 Å². The van der Waals surface area contributed by atoms with E-state index in [1.54, 1.807) is 0 Å². The van der Waals surface area contributed by atoms with Gasteiger partial charge in [0.25, 0.3) is 5.91 Å². The summed E-state index contributed by atoms with van der Waals surface area (Å²) >= 11 is 0. The first-order valence-corrected chi connectivity index (χ1v) is 3.07. The van der Waals surface area contributed by atoms with E-state index in [9.17, 15) is 9.59 Å². The molecule has 0 atom stereocenters. The Morgan fingerprint density at radius 3 is 2.75 bits per heavy atom. The summed E-state index contributed by atoms with van der Waals surface area (Å²) in [5.74, 6) is -0.634. The largest absolute Gasteiger partial charge is 0.351 e. The zero-order chi connectivity index (χ0) is 8.97. The first kappa shape index (κ1) is 8.12. The lowest BCUT2D eigenvalue weighted by Gasteiger charge is -1.97. The Morgan fingerprint density at radius 2 is 2.25 bits per heavy atom. The van der Waals surface area contributed by atoms with Crippen molar-refractivity contribution in [3.8, 4) is 0 Å². The summed E-state index contributed by atoms with van der Waals surface area (Å²) in [4.78, 5) is 28.4. The predicted molar refractivity (Wildman–Crippen MR) is 39.1 cm³/mol. The number of primary amides is 1. The number of aromatic nitrogens is 2. The fraction of sp³-hybridized carbons (Fsp3) is 0. The molecular weight excluding hydrogens is 160 g/mol. The van der Waals surface area contributed by atoms with Gasteiger partial charge >= 0.3 is 6.03 Å². The maximum atomic E-state index is 11.0. The van der Waals surface area contributed by atoms with Crippen molar-refractivity contribution in [3.63, 3.8) is 0 Å². The Bertz CT molecular complexity index is 298. The van der Waals surface area contributed by atoms with E-state index in [0.717, 1.165) is 0 Å². The summed E-state index contributed by atoms with van der Waals surface area (Å²) in [5, 5.41) is 1.87. The van der Waals surface area contributed by atoms with E-state index in [1.807, 2.05) is 5.32 Å². The molecular formula is C6H6N4O2. The smallest absolute Gasteiger partial charge is 0.319 e. The van der Waals surface area contributed by atoms with Crippen LogP contribution in [0, 0.1) is 0 Å². The van der Waals surface area contributed by atoms with Gasteiger partial charge in [-0.15, -0.1) is 0 Å².